The van der Waals surface area contributed by atoms with Crippen molar-refractivity contribution in [1.29, 1.82) is 0 Å². The van der Waals surface area contributed by atoms with Crippen molar-refractivity contribution < 1.29 is 17.9 Å². The molecule has 10 heteroatoms. The number of ether oxygens (including phenoxy) is 1. The van der Waals surface area contributed by atoms with Gasteiger partial charge in [0.05, 0.1) is 24.1 Å². The van der Waals surface area contributed by atoms with Gasteiger partial charge >= 0.3 is 0 Å². The molecule has 0 aliphatic carbocycles. The molecular weight excluding hydrogens is 655 g/mol. The van der Waals surface area contributed by atoms with E-state index in [1.54, 1.807) is 0 Å². The van der Waals surface area contributed by atoms with Crippen molar-refractivity contribution in [3.05, 3.63) is 107 Å². The number of thiazole rings is 1. The van der Waals surface area contributed by atoms with E-state index in [-0.39, 0.29) is 12.1 Å². The maximum absolute atomic E-state index is 16.7. The number of H-pyrrole nitrogens is 1. The Hall–Kier alpha value is -3.41. The lowest BCUT2D eigenvalue weighted by Crippen LogP contribution is -2.67. The molecule has 3 aromatic carbocycles. The lowest BCUT2D eigenvalue weighted by atomic mass is 9.91. The number of aromatic nitrogens is 2. The van der Waals surface area contributed by atoms with Crippen molar-refractivity contribution >= 4 is 40.9 Å². The fourth-order valence-electron chi connectivity index (χ4n) is 7.92. The number of nitrogens with one attached hydrogen (secondary N) is 2. The number of aromatic amines is 1. The smallest absolute Gasteiger partial charge is 0.282 e. The summed E-state index contributed by atoms with van der Waals surface area (Å²) in [5.74, 6) is -3.14. The Balaban J connectivity index is 1.22. The number of hydrogen-bond acceptors (Lipinski definition) is 6. The quantitative estimate of drug-likeness (QED) is 0.150. The van der Waals surface area contributed by atoms with Crippen LogP contribution in [0.5, 0.6) is 5.19 Å². The Kier molecular flexibility index (Phi) is 9.29. The fourth-order valence-corrected chi connectivity index (χ4v) is 13.5. The van der Waals surface area contributed by atoms with E-state index in [0.717, 1.165) is 44.8 Å². The van der Waals surface area contributed by atoms with Crippen LogP contribution in [-0.2, 0) is 10.8 Å². The number of alkyl halides is 2. The molecule has 5 aromatic rings. The van der Waals surface area contributed by atoms with Crippen LogP contribution < -0.4 is 20.4 Å². The molecule has 0 amide bonds. The first kappa shape index (κ1) is 34.1. The largest absolute Gasteiger partial charge is 0.465 e. The molecule has 1 saturated heterocycles. The van der Waals surface area contributed by atoms with E-state index in [4.69, 9.17) is 9.16 Å². The molecule has 0 radical (unpaired) electrons. The Morgan fingerprint density at radius 1 is 0.939 bits per heavy atom. The van der Waals surface area contributed by atoms with Crippen LogP contribution in [0.1, 0.15) is 63.2 Å². The average Bonchev–Trinajstić information content (AvgIpc) is 3.81. The predicted octanol–water partition coefficient (Wildman–Crippen LogP) is 7.30. The maximum Gasteiger partial charge on any atom is 0.282 e. The van der Waals surface area contributed by atoms with Crippen LogP contribution >= 0.6 is 11.3 Å². The first-order chi connectivity index (χ1) is 23.4. The minimum absolute atomic E-state index is 0.0435. The molecule has 2 aromatic heterocycles. The zero-order chi connectivity index (χ0) is 34.4. The van der Waals surface area contributed by atoms with Crippen molar-refractivity contribution in [2.75, 3.05) is 19.7 Å². The van der Waals surface area contributed by atoms with Gasteiger partial charge in [-0.05, 0) is 47.3 Å². The Bertz CT molecular complexity index is 1840. The fraction of sp³-hybridized carbons (Fsp3) is 0.410. The van der Waals surface area contributed by atoms with Crippen molar-refractivity contribution in [2.45, 2.75) is 82.7 Å². The first-order valence-corrected chi connectivity index (χ1v) is 20.0. The van der Waals surface area contributed by atoms with E-state index in [1.165, 1.54) is 16.9 Å². The van der Waals surface area contributed by atoms with Gasteiger partial charge in [0.1, 0.15) is 6.10 Å². The minimum Gasteiger partial charge on any atom is -0.465 e. The lowest BCUT2D eigenvalue weighted by Gasteiger charge is -2.45. The zero-order valence-corrected chi connectivity index (χ0v) is 30.7. The van der Waals surface area contributed by atoms with Gasteiger partial charge in [0.15, 0.2) is 0 Å². The Morgan fingerprint density at radius 2 is 1.59 bits per heavy atom. The number of hydrogen-bond donors (Lipinski definition) is 2. The topological polar surface area (TPSA) is 62.4 Å². The standard InChI is InChI=1S/C39H46F2N4O2SSi/c1-26-20-28(22-42-26)47-37-43-23-34(48-37)36-35-32(31-18-12-13-19-33(31)44-35)21-27(2)45(36)24-39(40,41)25-46-49(38(3,4)5,29-14-8-6-9-15-29)30-16-10-7-11-17-30/h6-19,23,26-28,36,42,44H,20-22,24-25H2,1-5H3/t26-,27+,28+,36+/m0/s1. The van der Waals surface area contributed by atoms with Crippen molar-refractivity contribution in [3.63, 3.8) is 0 Å². The summed E-state index contributed by atoms with van der Waals surface area (Å²) in [5, 5.41) is 6.71. The van der Waals surface area contributed by atoms with Crippen LogP contribution in [0.4, 0.5) is 8.78 Å². The van der Waals surface area contributed by atoms with Gasteiger partial charge in [-0.15, -0.1) is 0 Å². The van der Waals surface area contributed by atoms with E-state index < -0.39 is 38.5 Å². The number of para-hydroxylation sites is 1. The van der Waals surface area contributed by atoms with Crippen LogP contribution in [-0.4, -0.2) is 67.0 Å². The van der Waals surface area contributed by atoms with Crippen LogP contribution in [0.3, 0.4) is 0 Å². The third-order valence-electron chi connectivity index (χ3n) is 10.2. The van der Waals surface area contributed by atoms with Gasteiger partial charge in [0.25, 0.3) is 19.4 Å². The van der Waals surface area contributed by atoms with Crippen molar-refractivity contribution in [1.82, 2.24) is 20.2 Å². The summed E-state index contributed by atoms with van der Waals surface area (Å²) < 4.78 is 46.5. The van der Waals surface area contributed by atoms with Crippen molar-refractivity contribution in [2.24, 2.45) is 0 Å². The van der Waals surface area contributed by atoms with Crippen LogP contribution in [0.15, 0.2) is 91.1 Å². The molecule has 2 aliphatic heterocycles. The second kappa shape index (κ2) is 13.4. The van der Waals surface area contributed by atoms with E-state index in [0.29, 0.717) is 17.7 Å². The molecule has 2 N–H and O–H groups in total. The second-order valence-corrected chi connectivity index (χ2v) is 20.1. The SMILES string of the molecule is C[C@@H]1Cc2c([nH]c3ccccc23)[C@@H](c2cnc(O[C@H]3CN[C@@H](C)C3)s2)N1CC(F)(F)CO[Si](c1ccccc1)(c1ccccc1)C(C)(C)C. The van der Waals surface area contributed by atoms with Crippen molar-refractivity contribution in [3.8, 4) is 5.19 Å². The Labute approximate surface area is 293 Å². The highest BCUT2D eigenvalue weighted by atomic mass is 32.1. The summed E-state index contributed by atoms with van der Waals surface area (Å²) in [6.45, 7) is 10.2. The van der Waals surface area contributed by atoms with Gasteiger partial charge in [0.2, 0.25) is 0 Å². The molecule has 0 bridgehead atoms. The van der Waals surface area contributed by atoms with Gasteiger partial charge in [0, 0.05) is 47.8 Å². The molecule has 2 aliphatic rings. The van der Waals surface area contributed by atoms with Gasteiger partial charge in [-0.3, -0.25) is 4.90 Å². The molecule has 4 heterocycles. The van der Waals surface area contributed by atoms with E-state index in [1.807, 2.05) is 83.9 Å². The second-order valence-electron chi connectivity index (χ2n) is 14.8. The number of halogens is 2. The molecule has 0 saturated carbocycles. The summed E-state index contributed by atoms with van der Waals surface area (Å²) in [7, 11) is -3.16. The number of benzene rings is 3. The highest BCUT2D eigenvalue weighted by Crippen LogP contribution is 2.45. The normalized spacial score (nSPS) is 22.0. The van der Waals surface area contributed by atoms with Gasteiger partial charge in [-0.2, -0.15) is 0 Å². The van der Waals surface area contributed by atoms with E-state index >= 15 is 8.78 Å². The highest BCUT2D eigenvalue weighted by Gasteiger charge is 2.52. The maximum atomic E-state index is 16.7. The van der Waals surface area contributed by atoms with Gasteiger partial charge in [-0.1, -0.05) is 111 Å². The molecular formula is C39H46F2N4O2SSi. The number of fused-ring (bicyclic) bond motifs is 3. The summed E-state index contributed by atoms with van der Waals surface area (Å²) in [6.07, 6.45) is 3.43. The molecule has 1 fully saturated rings. The minimum atomic E-state index is -3.16. The highest BCUT2D eigenvalue weighted by molar-refractivity contribution is 7.13. The number of nitrogens with zero attached hydrogens (tertiary/aromatic N) is 2. The Morgan fingerprint density at radius 3 is 2.22 bits per heavy atom. The zero-order valence-electron chi connectivity index (χ0n) is 28.9. The van der Waals surface area contributed by atoms with Gasteiger partial charge < -0.3 is 19.5 Å². The average molecular weight is 701 g/mol. The van der Waals surface area contributed by atoms with E-state index in [2.05, 4.69) is 62.0 Å². The van der Waals surface area contributed by atoms with Crippen LogP contribution in [0.25, 0.3) is 10.9 Å². The molecule has 4 atom stereocenters. The number of rotatable bonds is 10. The summed E-state index contributed by atoms with van der Waals surface area (Å²) >= 11 is 1.46. The third-order valence-corrected chi connectivity index (χ3v) is 16.1. The molecule has 7 rings (SSSR count). The first-order valence-electron chi connectivity index (χ1n) is 17.3. The molecule has 49 heavy (non-hydrogen) atoms. The molecule has 258 valence electrons. The summed E-state index contributed by atoms with van der Waals surface area (Å²) in [5.41, 5.74) is 3.15. The monoisotopic (exact) mass is 700 g/mol. The molecule has 0 unspecified atom stereocenters. The van der Waals surface area contributed by atoms with E-state index in [9.17, 15) is 0 Å². The molecule has 6 nitrogen and oxygen atoms in total. The summed E-state index contributed by atoms with van der Waals surface area (Å²) in [6, 6.07) is 28.0. The van der Waals surface area contributed by atoms with Crippen LogP contribution in [0, 0.1) is 0 Å². The predicted molar refractivity (Wildman–Crippen MR) is 197 cm³/mol. The summed E-state index contributed by atoms with van der Waals surface area (Å²) in [4.78, 5) is 11.1. The third kappa shape index (κ3) is 6.61. The van der Waals surface area contributed by atoms with Gasteiger partial charge in [-0.25, -0.2) is 13.8 Å². The lowest BCUT2D eigenvalue weighted by molar-refractivity contribution is -0.0818. The molecule has 0 spiro atoms. The van der Waals surface area contributed by atoms with Crippen LogP contribution in [0.2, 0.25) is 5.04 Å².